The van der Waals surface area contributed by atoms with E-state index in [1.165, 1.54) is 11.8 Å². The van der Waals surface area contributed by atoms with E-state index in [0.29, 0.717) is 16.7 Å². The molecule has 2 aromatic carbocycles. The second kappa shape index (κ2) is 5.65. The van der Waals surface area contributed by atoms with E-state index >= 15 is 0 Å². The fourth-order valence-electron chi connectivity index (χ4n) is 2.64. The fourth-order valence-corrected chi connectivity index (χ4v) is 3.68. The molecule has 0 saturated heterocycles. The molecule has 1 aliphatic rings. The highest BCUT2D eigenvalue weighted by Crippen LogP contribution is 2.44. The minimum Gasteiger partial charge on any atom is -0.335 e. The number of aromatic nitrogens is 4. The van der Waals surface area contributed by atoms with Gasteiger partial charge in [0.25, 0.3) is 5.88 Å². The largest absolute Gasteiger partial charge is 0.335 e. The molecule has 25 heavy (non-hydrogen) atoms. The van der Waals surface area contributed by atoms with Crippen molar-refractivity contribution in [1.29, 1.82) is 0 Å². The second-order valence-electron chi connectivity index (χ2n) is 5.42. The zero-order valence-electron chi connectivity index (χ0n) is 12.7. The number of halogens is 1. The van der Waals surface area contributed by atoms with Crippen molar-refractivity contribution in [3.63, 3.8) is 0 Å². The monoisotopic (exact) mass is 367 g/mol. The van der Waals surface area contributed by atoms with Crippen molar-refractivity contribution in [2.75, 3.05) is 5.43 Å². The maximum Gasteiger partial charge on any atom is 0.258 e. The molecule has 6 nitrogen and oxygen atoms in total. The molecule has 0 atom stereocenters. The van der Waals surface area contributed by atoms with Crippen molar-refractivity contribution < 1.29 is 4.52 Å². The van der Waals surface area contributed by atoms with Gasteiger partial charge in [-0.15, -0.1) is 10.2 Å². The van der Waals surface area contributed by atoms with Crippen LogP contribution >= 0.6 is 23.4 Å². The van der Waals surface area contributed by atoms with Gasteiger partial charge >= 0.3 is 0 Å². The normalized spacial score (nSPS) is 12.4. The first-order chi connectivity index (χ1) is 12.3. The van der Waals surface area contributed by atoms with Gasteiger partial charge in [-0.2, -0.15) is 0 Å². The highest BCUT2D eigenvalue weighted by Gasteiger charge is 2.28. The molecule has 0 fully saturated rings. The second-order valence-corrected chi connectivity index (χ2v) is 6.83. The molecule has 0 aliphatic carbocycles. The number of fused-ring (bicyclic) bond motifs is 2. The van der Waals surface area contributed by atoms with Gasteiger partial charge in [0.05, 0.1) is 0 Å². The van der Waals surface area contributed by atoms with Gasteiger partial charge in [-0.25, -0.2) is 4.68 Å². The van der Waals surface area contributed by atoms with Gasteiger partial charge in [0.1, 0.15) is 10.6 Å². The van der Waals surface area contributed by atoms with Crippen LogP contribution in [0.15, 0.2) is 69.2 Å². The molecule has 0 bridgehead atoms. The van der Waals surface area contributed by atoms with E-state index in [2.05, 4.69) is 20.8 Å². The van der Waals surface area contributed by atoms with E-state index in [4.69, 9.17) is 16.1 Å². The van der Waals surface area contributed by atoms with E-state index in [-0.39, 0.29) is 0 Å². The minimum atomic E-state index is 0.575. The lowest BCUT2D eigenvalue weighted by molar-refractivity contribution is 0.428. The molecule has 1 aliphatic heterocycles. The third-order valence-electron chi connectivity index (χ3n) is 3.84. The predicted octanol–water partition coefficient (Wildman–Crippen LogP) is 4.59. The van der Waals surface area contributed by atoms with Gasteiger partial charge in [-0.1, -0.05) is 47.1 Å². The molecule has 122 valence electrons. The number of rotatable bonds is 2. The summed E-state index contributed by atoms with van der Waals surface area (Å²) in [5.41, 5.74) is 5.89. The summed E-state index contributed by atoms with van der Waals surface area (Å²) in [6.45, 7) is 0. The van der Waals surface area contributed by atoms with Crippen molar-refractivity contribution in [1.82, 2.24) is 20.0 Å². The van der Waals surface area contributed by atoms with Crippen LogP contribution in [0.2, 0.25) is 5.02 Å². The Hall–Kier alpha value is -2.77. The van der Waals surface area contributed by atoms with Crippen LogP contribution in [0.4, 0.5) is 5.88 Å². The van der Waals surface area contributed by atoms with E-state index in [1.807, 2.05) is 54.6 Å². The van der Waals surface area contributed by atoms with Gasteiger partial charge in [-0.3, -0.25) is 5.43 Å². The number of anilines is 1. The molecule has 0 saturated carbocycles. The Labute approximate surface area is 151 Å². The van der Waals surface area contributed by atoms with Crippen LogP contribution in [0.25, 0.3) is 22.6 Å². The van der Waals surface area contributed by atoms with Crippen molar-refractivity contribution in [2.45, 2.75) is 10.1 Å². The van der Waals surface area contributed by atoms with Gasteiger partial charge in [0.15, 0.2) is 5.82 Å². The minimum absolute atomic E-state index is 0.575. The third-order valence-corrected chi connectivity index (χ3v) is 5.12. The Balaban J connectivity index is 1.55. The molecule has 4 aromatic rings. The molecule has 0 spiro atoms. The van der Waals surface area contributed by atoms with Crippen LogP contribution in [0, 0.1) is 0 Å². The molecular weight excluding hydrogens is 358 g/mol. The number of benzene rings is 2. The van der Waals surface area contributed by atoms with Gasteiger partial charge < -0.3 is 4.52 Å². The predicted molar refractivity (Wildman–Crippen MR) is 95.6 cm³/mol. The van der Waals surface area contributed by atoms with E-state index < -0.39 is 0 Å². The van der Waals surface area contributed by atoms with Crippen LogP contribution in [0.3, 0.4) is 0 Å². The molecule has 3 heterocycles. The zero-order valence-corrected chi connectivity index (χ0v) is 14.3. The molecule has 8 heteroatoms. The van der Waals surface area contributed by atoms with Crippen LogP contribution in [-0.2, 0) is 0 Å². The average Bonchev–Trinajstić information content (AvgIpc) is 3.25. The Morgan fingerprint density at radius 2 is 1.76 bits per heavy atom. The SMILES string of the molecule is Clc1ccc(-c2nnc3n2Nc2onc(-c4ccccc4)c2S3)cc1. The number of hydrogen-bond donors (Lipinski definition) is 1. The molecule has 2 aromatic heterocycles. The first kappa shape index (κ1) is 14.6. The molecule has 0 amide bonds. The summed E-state index contributed by atoms with van der Waals surface area (Å²) in [5, 5.41) is 14.2. The Morgan fingerprint density at radius 1 is 0.960 bits per heavy atom. The van der Waals surface area contributed by atoms with Crippen LogP contribution in [-0.4, -0.2) is 20.0 Å². The van der Waals surface area contributed by atoms with Gasteiger partial charge in [0.2, 0.25) is 5.16 Å². The van der Waals surface area contributed by atoms with Crippen molar-refractivity contribution in [3.05, 3.63) is 59.6 Å². The maximum atomic E-state index is 5.96. The Bertz CT molecular complexity index is 1060. The van der Waals surface area contributed by atoms with Crippen LogP contribution in [0.1, 0.15) is 0 Å². The smallest absolute Gasteiger partial charge is 0.258 e. The number of nitrogens with one attached hydrogen (secondary N) is 1. The standard InChI is InChI=1S/C17H10ClN5OS/c18-12-8-6-11(7-9-12)15-19-20-17-23(15)21-16-14(25-17)13(22-24-16)10-4-2-1-3-5-10/h1-9,21H. The first-order valence-electron chi connectivity index (χ1n) is 7.51. The molecular formula is C17H10ClN5OS. The third kappa shape index (κ3) is 2.40. The van der Waals surface area contributed by atoms with Crippen LogP contribution in [0.5, 0.6) is 0 Å². The topological polar surface area (TPSA) is 68.8 Å². The summed E-state index contributed by atoms with van der Waals surface area (Å²) in [6, 6.07) is 17.3. The Morgan fingerprint density at radius 3 is 2.56 bits per heavy atom. The Kier molecular flexibility index (Phi) is 3.29. The number of nitrogens with zero attached hydrogens (tertiary/aromatic N) is 4. The number of hydrogen-bond acceptors (Lipinski definition) is 6. The maximum absolute atomic E-state index is 5.96. The van der Waals surface area contributed by atoms with Crippen molar-refractivity contribution >= 4 is 29.2 Å². The van der Waals surface area contributed by atoms with Crippen molar-refractivity contribution in [2.24, 2.45) is 0 Å². The molecule has 1 N–H and O–H groups in total. The van der Waals surface area contributed by atoms with E-state index in [1.54, 1.807) is 4.68 Å². The lowest BCUT2D eigenvalue weighted by atomic mass is 10.1. The quantitative estimate of drug-likeness (QED) is 0.492. The summed E-state index contributed by atoms with van der Waals surface area (Å²) < 4.78 is 7.29. The summed E-state index contributed by atoms with van der Waals surface area (Å²) in [6.07, 6.45) is 0. The van der Waals surface area contributed by atoms with E-state index in [9.17, 15) is 0 Å². The highest BCUT2D eigenvalue weighted by atomic mass is 35.5. The van der Waals surface area contributed by atoms with Gasteiger partial charge in [-0.05, 0) is 36.0 Å². The summed E-state index contributed by atoms with van der Waals surface area (Å²) in [7, 11) is 0. The van der Waals surface area contributed by atoms with E-state index in [0.717, 1.165) is 26.9 Å². The lowest BCUT2D eigenvalue weighted by Gasteiger charge is -2.15. The summed E-state index contributed by atoms with van der Waals surface area (Å²) in [4.78, 5) is 0.897. The fraction of sp³-hybridized carbons (Fsp3) is 0. The zero-order chi connectivity index (χ0) is 16.8. The first-order valence-corrected chi connectivity index (χ1v) is 8.70. The van der Waals surface area contributed by atoms with Crippen molar-refractivity contribution in [3.8, 4) is 22.6 Å². The highest BCUT2D eigenvalue weighted by molar-refractivity contribution is 7.99. The molecule has 0 unspecified atom stereocenters. The summed E-state index contributed by atoms with van der Waals surface area (Å²) >= 11 is 7.43. The summed E-state index contributed by atoms with van der Waals surface area (Å²) in [5.74, 6) is 1.26. The lowest BCUT2D eigenvalue weighted by Crippen LogP contribution is -2.15. The van der Waals surface area contributed by atoms with Crippen LogP contribution < -0.4 is 5.43 Å². The molecule has 0 radical (unpaired) electrons. The average molecular weight is 368 g/mol. The molecule has 5 rings (SSSR count). The van der Waals surface area contributed by atoms with Gasteiger partial charge in [0, 0.05) is 16.1 Å².